The minimum absolute atomic E-state index is 0.0494. The van der Waals surface area contributed by atoms with Crippen LogP contribution in [0.4, 0.5) is 0 Å². The summed E-state index contributed by atoms with van der Waals surface area (Å²) >= 11 is 0. The fraction of sp³-hybridized carbons (Fsp3) is 0.895. The number of unbranched alkanes of at least 4 members (excludes halogenated alkanes) is 2. The van der Waals surface area contributed by atoms with Crippen LogP contribution in [-0.4, -0.2) is 24.6 Å². The molecular formula is C19H36O4. The summed E-state index contributed by atoms with van der Waals surface area (Å²) < 4.78 is 10.6. The van der Waals surface area contributed by atoms with Gasteiger partial charge in [0, 0.05) is 12.8 Å². The zero-order chi connectivity index (χ0) is 17.5. The van der Waals surface area contributed by atoms with E-state index in [-0.39, 0.29) is 18.0 Å². The smallest absolute Gasteiger partial charge is 0.306 e. The number of esters is 2. The molecule has 4 heteroatoms. The van der Waals surface area contributed by atoms with E-state index in [4.69, 9.17) is 9.47 Å². The fourth-order valence-electron chi connectivity index (χ4n) is 2.31. The molecule has 0 heterocycles. The number of carbonyl (C=O) groups excluding carboxylic acids is 2. The molecule has 0 aliphatic carbocycles. The lowest BCUT2D eigenvalue weighted by Crippen LogP contribution is -2.17. The molecule has 23 heavy (non-hydrogen) atoms. The molecule has 1 unspecified atom stereocenters. The van der Waals surface area contributed by atoms with E-state index in [0.29, 0.717) is 38.2 Å². The fourth-order valence-corrected chi connectivity index (χ4v) is 2.31. The Morgan fingerprint density at radius 3 is 2.09 bits per heavy atom. The van der Waals surface area contributed by atoms with Gasteiger partial charge in [-0.1, -0.05) is 40.5 Å². The molecule has 0 saturated carbocycles. The van der Waals surface area contributed by atoms with Crippen molar-refractivity contribution in [1.29, 1.82) is 0 Å². The monoisotopic (exact) mass is 328 g/mol. The molecule has 0 aromatic carbocycles. The molecule has 0 bridgehead atoms. The molecule has 0 radical (unpaired) electrons. The maximum atomic E-state index is 11.8. The first kappa shape index (κ1) is 21.9. The van der Waals surface area contributed by atoms with Gasteiger partial charge in [-0.2, -0.15) is 0 Å². The van der Waals surface area contributed by atoms with Crippen LogP contribution in [0.1, 0.15) is 91.9 Å². The largest absolute Gasteiger partial charge is 0.466 e. The van der Waals surface area contributed by atoms with Crippen molar-refractivity contribution in [2.75, 3.05) is 6.61 Å². The Balaban J connectivity index is 3.61. The van der Waals surface area contributed by atoms with E-state index in [1.165, 1.54) is 0 Å². The molecule has 0 spiro atoms. The van der Waals surface area contributed by atoms with E-state index in [0.717, 1.165) is 38.5 Å². The van der Waals surface area contributed by atoms with E-state index in [2.05, 4.69) is 20.8 Å². The summed E-state index contributed by atoms with van der Waals surface area (Å²) in [6.45, 7) is 9.01. The molecule has 0 rings (SSSR count). The highest BCUT2D eigenvalue weighted by Crippen LogP contribution is 2.11. The van der Waals surface area contributed by atoms with Crippen LogP contribution in [0.15, 0.2) is 0 Å². The van der Waals surface area contributed by atoms with Gasteiger partial charge in [0.15, 0.2) is 0 Å². The molecule has 0 amide bonds. The standard InChI is InChI=1S/C19H36O4/c1-5-7-12-17(6-2)23-19(21)14-9-8-13-18(20)22-15-10-11-16(3)4/h16-17H,5-15H2,1-4H3. The van der Waals surface area contributed by atoms with Crippen LogP contribution in [0.3, 0.4) is 0 Å². The van der Waals surface area contributed by atoms with Crippen molar-refractivity contribution in [1.82, 2.24) is 0 Å². The number of carbonyl (C=O) groups is 2. The predicted octanol–water partition coefficient (Wildman–Crippen LogP) is 5.04. The molecular weight excluding hydrogens is 292 g/mol. The SMILES string of the molecule is CCCCC(CC)OC(=O)CCCCC(=O)OCCCC(C)C. The van der Waals surface area contributed by atoms with Gasteiger partial charge < -0.3 is 9.47 Å². The van der Waals surface area contributed by atoms with Crippen LogP contribution in [0.2, 0.25) is 0 Å². The maximum Gasteiger partial charge on any atom is 0.306 e. The van der Waals surface area contributed by atoms with Crippen LogP contribution in [0.25, 0.3) is 0 Å². The quantitative estimate of drug-likeness (QED) is 0.331. The molecule has 0 aliphatic heterocycles. The predicted molar refractivity (Wildman–Crippen MR) is 93.2 cm³/mol. The van der Waals surface area contributed by atoms with Crippen molar-refractivity contribution in [2.45, 2.75) is 98.0 Å². The van der Waals surface area contributed by atoms with Crippen molar-refractivity contribution in [3.63, 3.8) is 0 Å². The Kier molecular flexibility index (Phi) is 13.9. The normalized spacial score (nSPS) is 12.2. The van der Waals surface area contributed by atoms with E-state index in [1.54, 1.807) is 0 Å². The van der Waals surface area contributed by atoms with Gasteiger partial charge in [-0.25, -0.2) is 0 Å². The average molecular weight is 328 g/mol. The first-order valence-corrected chi connectivity index (χ1v) is 9.34. The average Bonchev–Trinajstić information content (AvgIpc) is 2.52. The van der Waals surface area contributed by atoms with Crippen LogP contribution >= 0.6 is 0 Å². The van der Waals surface area contributed by atoms with Crippen molar-refractivity contribution in [3.05, 3.63) is 0 Å². The third kappa shape index (κ3) is 14.3. The molecule has 0 aromatic heterocycles. The van der Waals surface area contributed by atoms with E-state index < -0.39 is 0 Å². The van der Waals surface area contributed by atoms with Gasteiger partial charge in [0.25, 0.3) is 0 Å². The number of ether oxygens (including phenoxy) is 2. The van der Waals surface area contributed by atoms with Crippen LogP contribution < -0.4 is 0 Å². The maximum absolute atomic E-state index is 11.8. The van der Waals surface area contributed by atoms with Gasteiger partial charge in [-0.05, 0) is 44.4 Å². The summed E-state index contributed by atoms with van der Waals surface area (Å²) in [5.74, 6) is 0.346. The van der Waals surface area contributed by atoms with Crippen molar-refractivity contribution in [2.24, 2.45) is 5.92 Å². The van der Waals surface area contributed by atoms with Gasteiger partial charge in [0.1, 0.15) is 6.10 Å². The first-order chi connectivity index (χ1) is 11.0. The second-order valence-electron chi connectivity index (χ2n) is 6.63. The Bertz CT molecular complexity index is 312. The molecule has 0 saturated heterocycles. The molecule has 0 aliphatic rings. The molecule has 0 fully saturated rings. The summed E-state index contributed by atoms with van der Waals surface area (Å²) in [5.41, 5.74) is 0. The zero-order valence-electron chi connectivity index (χ0n) is 15.6. The van der Waals surface area contributed by atoms with Crippen LogP contribution in [0.5, 0.6) is 0 Å². The van der Waals surface area contributed by atoms with Gasteiger partial charge in [0.2, 0.25) is 0 Å². The second-order valence-corrected chi connectivity index (χ2v) is 6.63. The first-order valence-electron chi connectivity index (χ1n) is 9.34. The van der Waals surface area contributed by atoms with Crippen LogP contribution in [-0.2, 0) is 19.1 Å². The Hall–Kier alpha value is -1.06. The lowest BCUT2D eigenvalue weighted by molar-refractivity contribution is -0.150. The molecule has 4 nitrogen and oxygen atoms in total. The summed E-state index contributed by atoms with van der Waals surface area (Å²) in [7, 11) is 0. The lowest BCUT2D eigenvalue weighted by atomic mass is 10.1. The van der Waals surface area contributed by atoms with Crippen LogP contribution in [0, 0.1) is 5.92 Å². The zero-order valence-corrected chi connectivity index (χ0v) is 15.6. The second kappa shape index (κ2) is 14.5. The van der Waals surface area contributed by atoms with Gasteiger partial charge in [0.05, 0.1) is 6.61 Å². The minimum Gasteiger partial charge on any atom is -0.466 e. The van der Waals surface area contributed by atoms with Crippen molar-refractivity contribution >= 4 is 11.9 Å². The highest BCUT2D eigenvalue weighted by Gasteiger charge is 2.12. The van der Waals surface area contributed by atoms with Gasteiger partial charge in [-0.15, -0.1) is 0 Å². The molecule has 0 N–H and O–H groups in total. The number of hydrogen-bond donors (Lipinski definition) is 0. The molecule has 0 aromatic rings. The van der Waals surface area contributed by atoms with Gasteiger partial charge >= 0.3 is 11.9 Å². The minimum atomic E-state index is -0.156. The van der Waals surface area contributed by atoms with E-state index >= 15 is 0 Å². The topological polar surface area (TPSA) is 52.6 Å². The van der Waals surface area contributed by atoms with Crippen molar-refractivity contribution in [3.8, 4) is 0 Å². The highest BCUT2D eigenvalue weighted by atomic mass is 16.5. The third-order valence-electron chi connectivity index (χ3n) is 3.83. The summed E-state index contributed by atoms with van der Waals surface area (Å²) in [6.07, 6.45) is 8.23. The Morgan fingerprint density at radius 2 is 1.52 bits per heavy atom. The number of hydrogen-bond acceptors (Lipinski definition) is 4. The van der Waals surface area contributed by atoms with E-state index in [9.17, 15) is 9.59 Å². The Labute approximate surface area is 142 Å². The Morgan fingerprint density at radius 1 is 0.870 bits per heavy atom. The summed E-state index contributed by atoms with van der Waals surface area (Å²) in [5, 5.41) is 0. The summed E-state index contributed by atoms with van der Waals surface area (Å²) in [6, 6.07) is 0. The highest BCUT2D eigenvalue weighted by molar-refractivity contribution is 5.70. The lowest BCUT2D eigenvalue weighted by Gasteiger charge is -2.15. The van der Waals surface area contributed by atoms with Gasteiger partial charge in [-0.3, -0.25) is 9.59 Å². The molecule has 1 atom stereocenters. The van der Waals surface area contributed by atoms with Crippen molar-refractivity contribution < 1.29 is 19.1 Å². The third-order valence-corrected chi connectivity index (χ3v) is 3.83. The van der Waals surface area contributed by atoms with E-state index in [1.807, 2.05) is 6.92 Å². The molecule has 136 valence electrons. The number of rotatable bonds is 14. The summed E-state index contributed by atoms with van der Waals surface area (Å²) in [4.78, 5) is 23.3.